The van der Waals surface area contributed by atoms with Gasteiger partial charge >= 0.3 is 5.97 Å². The molecule has 1 aromatic rings. The molecule has 25 heavy (non-hydrogen) atoms. The zero-order valence-corrected chi connectivity index (χ0v) is 14.4. The molecule has 2 fully saturated rings. The number of ether oxygens (including phenoxy) is 1. The van der Waals surface area contributed by atoms with Crippen LogP contribution in [0, 0.1) is 0 Å². The van der Waals surface area contributed by atoms with Gasteiger partial charge in [0.25, 0.3) is 0 Å². The fourth-order valence-electron chi connectivity index (χ4n) is 3.27. The second-order valence-electron chi connectivity index (χ2n) is 6.55. The van der Waals surface area contributed by atoms with E-state index in [2.05, 4.69) is 9.80 Å². The number of benzene rings is 1. The monoisotopic (exact) mass is 347 g/mol. The Morgan fingerprint density at radius 3 is 2.36 bits per heavy atom. The van der Waals surface area contributed by atoms with Crippen LogP contribution in [-0.2, 0) is 16.1 Å². The van der Waals surface area contributed by atoms with Gasteiger partial charge in [-0.15, -0.1) is 0 Å². The lowest BCUT2D eigenvalue weighted by Crippen LogP contribution is -2.51. The summed E-state index contributed by atoms with van der Waals surface area (Å²) in [5.74, 6) is -0.709. The van der Waals surface area contributed by atoms with Crippen LogP contribution >= 0.6 is 0 Å². The summed E-state index contributed by atoms with van der Waals surface area (Å²) in [5.41, 5.74) is 1.34. The number of hydrogen-bond acceptors (Lipinski definition) is 5. The lowest BCUT2D eigenvalue weighted by atomic mass is 10.1. The molecule has 2 heterocycles. The summed E-state index contributed by atoms with van der Waals surface area (Å²) in [5, 5.41) is 9.08. The number of carbonyl (C=O) groups excluding carboxylic acids is 1. The molecule has 0 radical (unpaired) electrons. The molecular weight excluding hydrogens is 322 g/mol. The normalized spacial score (nSPS) is 19.8. The van der Waals surface area contributed by atoms with Gasteiger partial charge in [-0.3, -0.25) is 14.6 Å². The lowest BCUT2D eigenvalue weighted by Gasteiger charge is -2.36. The molecule has 0 spiro atoms. The maximum atomic E-state index is 12.3. The smallest absolute Gasteiger partial charge is 0.335 e. The van der Waals surface area contributed by atoms with Gasteiger partial charge < -0.3 is 14.7 Å². The number of piperazine rings is 1. The van der Waals surface area contributed by atoms with Gasteiger partial charge in [0.1, 0.15) is 0 Å². The molecule has 2 aliphatic heterocycles. The summed E-state index contributed by atoms with van der Waals surface area (Å²) < 4.78 is 5.28. The highest BCUT2D eigenvalue weighted by atomic mass is 16.5. The minimum atomic E-state index is -0.895. The molecule has 2 saturated heterocycles. The van der Waals surface area contributed by atoms with Crippen LogP contribution in [0.1, 0.15) is 15.9 Å². The molecule has 1 amide bonds. The minimum absolute atomic E-state index is 0.186. The number of hydrogen-bond donors (Lipinski definition) is 1. The van der Waals surface area contributed by atoms with Crippen molar-refractivity contribution in [2.24, 2.45) is 0 Å². The topological polar surface area (TPSA) is 73.3 Å². The summed E-state index contributed by atoms with van der Waals surface area (Å²) >= 11 is 0. The van der Waals surface area contributed by atoms with Crippen LogP contribution in [0.5, 0.6) is 0 Å². The van der Waals surface area contributed by atoms with E-state index in [9.17, 15) is 9.59 Å². The fourth-order valence-corrected chi connectivity index (χ4v) is 3.27. The first kappa shape index (κ1) is 17.8. The SMILES string of the molecule is O=C(O)c1cccc(CN2CCN(CC(=O)N3CCOCC3)CC2)c1. The van der Waals surface area contributed by atoms with Gasteiger partial charge in [0.05, 0.1) is 25.3 Å². The number of morpholine rings is 1. The van der Waals surface area contributed by atoms with Gasteiger partial charge in [0.2, 0.25) is 5.91 Å². The highest BCUT2D eigenvalue weighted by Gasteiger charge is 2.23. The molecule has 7 nitrogen and oxygen atoms in total. The van der Waals surface area contributed by atoms with Crippen LogP contribution in [0.2, 0.25) is 0 Å². The Morgan fingerprint density at radius 2 is 1.68 bits per heavy atom. The van der Waals surface area contributed by atoms with E-state index < -0.39 is 5.97 Å². The van der Waals surface area contributed by atoms with E-state index in [-0.39, 0.29) is 5.91 Å². The molecular formula is C18H25N3O4. The van der Waals surface area contributed by atoms with Gasteiger partial charge in [-0.05, 0) is 17.7 Å². The highest BCUT2D eigenvalue weighted by Crippen LogP contribution is 2.11. The number of carboxylic acid groups (broad SMARTS) is 1. The Balaban J connectivity index is 1.44. The molecule has 0 bridgehead atoms. The molecule has 0 atom stereocenters. The van der Waals surface area contributed by atoms with Crippen LogP contribution in [0.4, 0.5) is 0 Å². The second-order valence-corrected chi connectivity index (χ2v) is 6.55. The van der Waals surface area contributed by atoms with Crippen molar-refractivity contribution >= 4 is 11.9 Å². The van der Waals surface area contributed by atoms with Crippen molar-refractivity contribution in [2.75, 3.05) is 59.0 Å². The molecule has 7 heteroatoms. The van der Waals surface area contributed by atoms with Crippen LogP contribution < -0.4 is 0 Å². The van der Waals surface area contributed by atoms with Gasteiger partial charge in [-0.25, -0.2) is 4.79 Å². The predicted molar refractivity (Wildman–Crippen MR) is 92.5 cm³/mol. The van der Waals surface area contributed by atoms with Gasteiger partial charge in [-0.2, -0.15) is 0 Å². The van der Waals surface area contributed by atoms with E-state index in [1.54, 1.807) is 18.2 Å². The van der Waals surface area contributed by atoms with Gasteiger partial charge in [0.15, 0.2) is 0 Å². The number of nitrogens with zero attached hydrogens (tertiary/aromatic N) is 3. The summed E-state index contributed by atoms with van der Waals surface area (Å²) in [6, 6.07) is 7.09. The largest absolute Gasteiger partial charge is 0.478 e. The standard InChI is InChI=1S/C18H25N3O4/c22-17(21-8-10-25-11-9-21)14-20-6-4-19(5-7-20)13-15-2-1-3-16(12-15)18(23)24/h1-3,12H,4-11,13-14H2,(H,23,24). The summed E-state index contributed by atoms with van der Waals surface area (Å²) in [7, 11) is 0. The molecule has 136 valence electrons. The summed E-state index contributed by atoms with van der Waals surface area (Å²) in [6.07, 6.45) is 0. The van der Waals surface area contributed by atoms with Crippen molar-refractivity contribution < 1.29 is 19.4 Å². The number of carbonyl (C=O) groups is 2. The fraction of sp³-hybridized carbons (Fsp3) is 0.556. The van der Waals surface area contributed by atoms with Crippen molar-refractivity contribution in [2.45, 2.75) is 6.54 Å². The van der Waals surface area contributed by atoms with E-state index in [1.165, 1.54) is 0 Å². The molecule has 2 aliphatic rings. The first-order chi connectivity index (χ1) is 12.1. The number of aromatic carboxylic acids is 1. The first-order valence-corrected chi connectivity index (χ1v) is 8.74. The quantitative estimate of drug-likeness (QED) is 0.829. The molecule has 3 rings (SSSR count). The van der Waals surface area contributed by atoms with Crippen molar-refractivity contribution in [3.05, 3.63) is 35.4 Å². The van der Waals surface area contributed by atoms with Crippen LogP contribution in [-0.4, -0.2) is 90.7 Å². The van der Waals surface area contributed by atoms with Gasteiger partial charge in [-0.1, -0.05) is 12.1 Å². The molecule has 0 saturated carbocycles. The molecule has 0 aliphatic carbocycles. The zero-order chi connectivity index (χ0) is 17.6. The van der Waals surface area contributed by atoms with Gasteiger partial charge in [0, 0.05) is 45.8 Å². The van der Waals surface area contributed by atoms with Crippen LogP contribution in [0.3, 0.4) is 0 Å². The third kappa shape index (κ3) is 5.01. The van der Waals surface area contributed by atoms with E-state index >= 15 is 0 Å². The summed E-state index contributed by atoms with van der Waals surface area (Å²) in [4.78, 5) is 29.7. The predicted octanol–water partition coefficient (Wildman–Crippen LogP) is 0.361. The third-order valence-corrected chi connectivity index (χ3v) is 4.77. The van der Waals surface area contributed by atoms with E-state index in [1.807, 2.05) is 11.0 Å². The molecule has 1 aromatic carbocycles. The first-order valence-electron chi connectivity index (χ1n) is 8.74. The van der Waals surface area contributed by atoms with E-state index in [0.29, 0.717) is 38.4 Å². The molecule has 0 unspecified atom stereocenters. The average Bonchev–Trinajstić information content (AvgIpc) is 2.64. The Kier molecular flexibility index (Phi) is 6.01. The van der Waals surface area contributed by atoms with Crippen LogP contribution in [0.15, 0.2) is 24.3 Å². The van der Waals surface area contributed by atoms with Crippen molar-refractivity contribution in [1.82, 2.24) is 14.7 Å². The third-order valence-electron chi connectivity index (χ3n) is 4.77. The van der Waals surface area contributed by atoms with Crippen molar-refractivity contribution in [3.63, 3.8) is 0 Å². The lowest BCUT2D eigenvalue weighted by molar-refractivity contribution is -0.136. The Morgan fingerprint density at radius 1 is 1.00 bits per heavy atom. The van der Waals surface area contributed by atoms with Crippen molar-refractivity contribution in [3.8, 4) is 0 Å². The van der Waals surface area contributed by atoms with E-state index in [4.69, 9.17) is 9.84 Å². The zero-order valence-electron chi connectivity index (χ0n) is 14.4. The average molecular weight is 347 g/mol. The van der Waals surface area contributed by atoms with Crippen molar-refractivity contribution in [1.29, 1.82) is 0 Å². The maximum absolute atomic E-state index is 12.3. The maximum Gasteiger partial charge on any atom is 0.335 e. The van der Waals surface area contributed by atoms with Crippen LogP contribution in [0.25, 0.3) is 0 Å². The number of amides is 1. The van der Waals surface area contributed by atoms with E-state index in [0.717, 1.165) is 38.3 Å². The Labute approximate surface area is 147 Å². The summed E-state index contributed by atoms with van der Waals surface area (Å²) in [6.45, 7) is 7.35. The Hall–Kier alpha value is -1.96. The number of rotatable bonds is 5. The highest BCUT2D eigenvalue weighted by molar-refractivity contribution is 5.87. The number of carboxylic acids is 1. The molecule has 1 N–H and O–H groups in total. The Bertz CT molecular complexity index is 608. The second kappa shape index (κ2) is 8.42. The molecule has 0 aromatic heterocycles. The minimum Gasteiger partial charge on any atom is -0.478 e.